The molecule has 3 amide bonds. The average molecular weight is 439 g/mol. The largest absolute Gasteiger partial charge is 0.466 e. The van der Waals surface area contributed by atoms with Gasteiger partial charge in [0.25, 0.3) is 0 Å². The molecule has 2 aromatic heterocycles. The quantitative estimate of drug-likeness (QED) is 0.511. The minimum atomic E-state index is -1.60. The molecule has 1 aromatic carbocycles. The summed E-state index contributed by atoms with van der Waals surface area (Å²) in [4.78, 5) is 38.4. The molecule has 0 aliphatic carbocycles. The van der Waals surface area contributed by atoms with E-state index in [0.717, 1.165) is 6.42 Å². The first-order valence-corrected chi connectivity index (χ1v) is 10.7. The van der Waals surface area contributed by atoms with Crippen LogP contribution in [0, 0.1) is 0 Å². The van der Waals surface area contributed by atoms with Crippen LogP contribution in [0.4, 0.5) is 11.4 Å². The smallest absolute Gasteiger partial charge is 0.313 e. The van der Waals surface area contributed by atoms with Crippen LogP contribution in [-0.2, 0) is 20.0 Å². The fraction of sp³-hybridized carbons (Fsp3) is 0.227. The van der Waals surface area contributed by atoms with Crippen molar-refractivity contribution in [3.05, 3.63) is 70.8 Å². The lowest BCUT2D eigenvalue weighted by atomic mass is 9.93. The molecule has 160 valence electrons. The van der Waals surface area contributed by atoms with Crippen LogP contribution in [0.5, 0.6) is 0 Å². The van der Waals surface area contributed by atoms with Crippen molar-refractivity contribution in [2.45, 2.75) is 18.4 Å². The first-order chi connectivity index (χ1) is 15.0. The van der Waals surface area contributed by atoms with E-state index in [1.54, 1.807) is 58.1 Å². The molecule has 31 heavy (non-hydrogen) atoms. The third-order valence-corrected chi connectivity index (χ3v) is 5.81. The van der Waals surface area contributed by atoms with E-state index in [4.69, 9.17) is 4.42 Å². The van der Waals surface area contributed by atoms with Crippen molar-refractivity contribution in [3.63, 3.8) is 0 Å². The Morgan fingerprint density at radius 1 is 1.19 bits per heavy atom. The van der Waals surface area contributed by atoms with Gasteiger partial charge < -0.3 is 25.1 Å². The summed E-state index contributed by atoms with van der Waals surface area (Å²) < 4.78 is 5.35. The molecule has 1 saturated heterocycles. The summed E-state index contributed by atoms with van der Waals surface area (Å²) in [6.45, 7) is 0.385. The Bertz CT molecular complexity index is 1040. The molecule has 0 spiro atoms. The van der Waals surface area contributed by atoms with Gasteiger partial charge in [-0.25, -0.2) is 0 Å². The number of aliphatic hydroxyl groups is 1. The molecular weight excluding hydrogens is 418 g/mol. The predicted molar refractivity (Wildman–Crippen MR) is 116 cm³/mol. The molecule has 3 heterocycles. The zero-order chi connectivity index (χ0) is 21.8. The van der Waals surface area contributed by atoms with Crippen LogP contribution in [0.1, 0.15) is 24.2 Å². The Kier molecular flexibility index (Phi) is 5.88. The standard InChI is InChI=1S/C22H21N3O5S/c26-19-7-2-9-25(19)17-5-1-4-16(12-17)24-21(28)20(27)23-14-22(29,15-8-11-31-13-15)18-6-3-10-30-18/h1,3-6,8,10-13,29H,2,7,9,14H2,(H,23,27)(H,24,28)/t22-/m0/s1. The van der Waals surface area contributed by atoms with Crippen LogP contribution >= 0.6 is 11.3 Å². The topological polar surface area (TPSA) is 112 Å². The Morgan fingerprint density at radius 3 is 2.74 bits per heavy atom. The van der Waals surface area contributed by atoms with E-state index in [1.165, 1.54) is 17.6 Å². The number of hydrogen-bond acceptors (Lipinski definition) is 6. The Hall–Kier alpha value is -3.43. The number of benzene rings is 1. The lowest BCUT2D eigenvalue weighted by Crippen LogP contribution is -2.45. The summed E-state index contributed by atoms with van der Waals surface area (Å²) in [6, 6.07) is 11.8. The molecule has 0 bridgehead atoms. The van der Waals surface area contributed by atoms with E-state index in [2.05, 4.69) is 10.6 Å². The fourth-order valence-electron chi connectivity index (χ4n) is 3.49. The third kappa shape index (κ3) is 4.37. The van der Waals surface area contributed by atoms with Crippen LogP contribution in [-0.4, -0.2) is 35.9 Å². The van der Waals surface area contributed by atoms with Gasteiger partial charge in [-0.15, -0.1) is 0 Å². The van der Waals surface area contributed by atoms with Crippen molar-refractivity contribution < 1.29 is 23.9 Å². The van der Waals surface area contributed by atoms with Gasteiger partial charge in [0.15, 0.2) is 5.60 Å². The van der Waals surface area contributed by atoms with Crippen molar-refractivity contribution in [2.24, 2.45) is 0 Å². The van der Waals surface area contributed by atoms with Crippen molar-refractivity contribution in [1.82, 2.24) is 5.32 Å². The van der Waals surface area contributed by atoms with Gasteiger partial charge in [-0.2, -0.15) is 11.3 Å². The van der Waals surface area contributed by atoms with Crippen molar-refractivity contribution in [3.8, 4) is 0 Å². The molecular formula is C22H21N3O5S. The zero-order valence-electron chi connectivity index (χ0n) is 16.5. The van der Waals surface area contributed by atoms with Crippen LogP contribution in [0.3, 0.4) is 0 Å². The van der Waals surface area contributed by atoms with Crippen LogP contribution in [0.2, 0.25) is 0 Å². The zero-order valence-corrected chi connectivity index (χ0v) is 17.4. The van der Waals surface area contributed by atoms with Crippen molar-refractivity contribution in [2.75, 3.05) is 23.3 Å². The first kappa shape index (κ1) is 20.8. The van der Waals surface area contributed by atoms with Crippen LogP contribution in [0.25, 0.3) is 0 Å². The minimum absolute atomic E-state index is 0.0341. The summed E-state index contributed by atoms with van der Waals surface area (Å²) in [5.41, 5.74) is 0.0214. The number of hydrogen-bond donors (Lipinski definition) is 3. The second-order valence-corrected chi connectivity index (χ2v) is 7.97. The number of furan rings is 1. The van der Waals surface area contributed by atoms with Gasteiger partial charge >= 0.3 is 11.8 Å². The molecule has 1 atom stereocenters. The summed E-state index contributed by atoms with van der Waals surface area (Å²) >= 11 is 1.40. The number of thiophene rings is 1. The van der Waals surface area contributed by atoms with Gasteiger partial charge in [0.05, 0.1) is 12.8 Å². The lowest BCUT2D eigenvalue weighted by molar-refractivity contribution is -0.136. The van der Waals surface area contributed by atoms with E-state index in [-0.39, 0.29) is 18.2 Å². The van der Waals surface area contributed by atoms with Gasteiger partial charge in [-0.05, 0) is 53.6 Å². The van der Waals surface area contributed by atoms with E-state index in [0.29, 0.717) is 29.9 Å². The average Bonchev–Trinajstić information content (AvgIpc) is 3.54. The number of anilines is 2. The highest BCUT2D eigenvalue weighted by Crippen LogP contribution is 2.31. The molecule has 1 aliphatic rings. The monoisotopic (exact) mass is 439 g/mol. The first-order valence-electron chi connectivity index (χ1n) is 9.76. The maximum absolute atomic E-state index is 12.4. The second-order valence-electron chi connectivity index (χ2n) is 7.19. The van der Waals surface area contributed by atoms with E-state index < -0.39 is 17.4 Å². The number of carbonyl (C=O) groups is 3. The van der Waals surface area contributed by atoms with Gasteiger partial charge in [0.2, 0.25) is 5.91 Å². The van der Waals surface area contributed by atoms with E-state index >= 15 is 0 Å². The van der Waals surface area contributed by atoms with Crippen molar-refractivity contribution >= 4 is 40.4 Å². The summed E-state index contributed by atoms with van der Waals surface area (Å²) in [5.74, 6) is -1.48. The lowest BCUT2D eigenvalue weighted by Gasteiger charge is -2.25. The molecule has 1 aliphatic heterocycles. The van der Waals surface area contributed by atoms with Crippen LogP contribution < -0.4 is 15.5 Å². The number of rotatable bonds is 6. The number of carbonyl (C=O) groups excluding carboxylic acids is 3. The normalized spacial score (nSPS) is 15.5. The fourth-order valence-corrected chi connectivity index (χ4v) is 4.22. The van der Waals surface area contributed by atoms with Crippen molar-refractivity contribution in [1.29, 1.82) is 0 Å². The van der Waals surface area contributed by atoms with E-state index in [1.807, 2.05) is 0 Å². The third-order valence-electron chi connectivity index (χ3n) is 5.13. The molecule has 8 nitrogen and oxygen atoms in total. The van der Waals surface area contributed by atoms with E-state index in [9.17, 15) is 19.5 Å². The maximum atomic E-state index is 12.4. The minimum Gasteiger partial charge on any atom is -0.466 e. The maximum Gasteiger partial charge on any atom is 0.313 e. The van der Waals surface area contributed by atoms with Crippen LogP contribution in [0.15, 0.2) is 63.9 Å². The highest BCUT2D eigenvalue weighted by molar-refractivity contribution is 7.08. The second kappa shape index (κ2) is 8.75. The molecule has 3 aromatic rings. The number of amides is 3. The highest BCUT2D eigenvalue weighted by atomic mass is 32.1. The molecule has 0 unspecified atom stereocenters. The molecule has 0 radical (unpaired) electrons. The Labute approximate surface area is 182 Å². The van der Waals surface area contributed by atoms with Gasteiger partial charge in [0.1, 0.15) is 5.76 Å². The molecule has 9 heteroatoms. The predicted octanol–water partition coefficient (Wildman–Crippen LogP) is 2.46. The van der Waals surface area contributed by atoms with Gasteiger partial charge in [0, 0.05) is 29.9 Å². The summed E-state index contributed by atoms with van der Waals surface area (Å²) in [6.07, 6.45) is 2.72. The molecule has 0 saturated carbocycles. The Morgan fingerprint density at radius 2 is 2.06 bits per heavy atom. The number of nitrogens with one attached hydrogen (secondary N) is 2. The molecule has 3 N–H and O–H groups in total. The SMILES string of the molecule is O=C(NC[C@](O)(c1ccsc1)c1ccco1)C(=O)Nc1cccc(N2CCCC2=O)c1. The summed E-state index contributed by atoms with van der Waals surface area (Å²) in [7, 11) is 0. The Balaban J connectivity index is 1.42. The van der Waals surface area contributed by atoms with Gasteiger partial charge in [-0.1, -0.05) is 6.07 Å². The highest BCUT2D eigenvalue weighted by Gasteiger charge is 2.36. The molecule has 1 fully saturated rings. The molecule has 4 rings (SSSR count). The summed E-state index contributed by atoms with van der Waals surface area (Å²) in [5, 5.41) is 19.7. The van der Waals surface area contributed by atoms with Gasteiger partial charge in [-0.3, -0.25) is 14.4 Å². The number of nitrogens with zero attached hydrogens (tertiary/aromatic N) is 1.